The van der Waals surface area contributed by atoms with Crippen LogP contribution in [0.2, 0.25) is 0 Å². The van der Waals surface area contributed by atoms with Crippen molar-refractivity contribution in [1.29, 1.82) is 0 Å². The van der Waals surface area contributed by atoms with Crippen molar-refractivity contribution in [3.8, 4) is 0 Å². The van der Waals surface area contributed by atoms with Gasteiger partial charge in [-0.3, -0.25) is 14.6 Å². The van der Waals surface area contributed by atoms with Crippen LogP contribution in [0, 0.1) is 5.92 Å². The molecular formula is C21H25N3O2. The van der Waals surface area contributed by atoms with Crippen LogP contribution in [0.1, 0.15) is 38.3 Å². The summed E-state index contributed by atoms with van der Waals surface area (Å²) in [6.07, 6.45) is 3.65. The third-order valence-corrected chi connectivity index (χ3v) is 4.71. The Bertz CT molecular complexity index is 796. The van der Waals surface area contributed by atoms with Gasteiger partial charge in [-0.2, -0.15) is 0 Å². The molecule has 2 heterocycles. The van der Waals surface area contributed by atoms with E-state index in [9.17, 15) is 9.59 Å². The molecule has 26 heavy (non-hydrogen) atoms. The Hall–Kier alpha value is -2.69. The molecule has 5 heteroatoms. The number of rotatable bonds is 4. The lowest BCUT2D eigenvalue weighted by molar-refractivity contribution is -0.126. The van der Waals surface area contributed by atoms with Gasteiger partial charge in [-0.05, 0) is 34.7 Å². The first-order valence-corrected chi connectivity index (χ1v) is 8.93. The van der Waals surface area contributed by atoms with Gasteiger partial charge in [0.2, 0.25) is 11.8 Å². The van der Waals surface area contributed by atoms with Gasteiger partial charge in [-0.1, -0.05) is 39.0 Å². The topological polar surface area (TPSA) is 62.3 Å². The number of para-hydroxylation sites is 1. The zero-order valence-corrected chi connectivity index (χ0v) is 15.5. The van der Waals surface area contributed by atoms with Crippen LogP contribution in [0.15, 0.2) is 48.8 Å². The zero-order valence-electron chi connectivity index (χ0n) is 15.5. The molecule has 1 aromatic heterocycles. The summed E-state index contributed by atoms with van der Waals surface area (Å²) in [5, 5.41) is 2.93. The summed E-state index contributed by atoms with van der Waals surface area (Å²) < 4.78 is 0. The van der Waals surface area contributed by atoms with Crippen molar-refractivity contribution < 1.29 is 9.59 Å². The Morgan fingerprint density at radius 2 is 1.88 bits per heavy atom. The first kappa shape index (κ1) is 18.1. The molecule has 0 spiro atoms. The van der Waals surface area contributed by atoms with E-state index in [1.807, 2.05) is 30.3 Å². The van der Waals surface area contributed by atoms with Crippen molar-refractivity contribution in [2.24, 2.45) is 5.92 Å². The molecule has 1 unspecified atom stereocenters. The molecule has 0 saturated carbocycles. The van der Waals surface area contributed by atoms with Crippen LogP contribution in [0.3, 0.4) is 0 Å². The summed E-state index contributed by atoms with van der Waals surface area (Å²) >= 11 is 0. The molecule has 2 aromatic rings. The monoisotopic (exact) mass is 351 g/mol. The number of amides is 2. The van der Waals surface area contributed by atoms with Crippen LogP contribution in [-0.4, -0.2) is 23.3 Å². The van der Waals surface area contributed by atoms with Crippen LogP contribution in [-0.2, 0) is 21.5 Å². The molecule has 1 aromatic carbocycles. The minimum atomic E-state index is -0.322. The van der Waals surface area contributed by atoms with E-state index in [-0.39, 0.29) is 29.6 Å². The van der Waals surface area contributed by atoms with Crippen molar-refractivity contribution >= 4 is 17.5 Å². The van der Waals surface area contributed by atoms with E-state index in [4.69, 9.17) is 0 Å². The van der Waals surface area contributed by atoms with E-state index in [1.54, 1.807) is 17.3 Å². The summed E-state index contributed by atoms with van der Waals surface area (Å²) in [7, 11) is 0. The normalized spacial score (nSPS) is 17.4. The minimum absolute atomic E-state index is 0.00533. The van der Waals surface area contributed by atoms with Gasteiger partial charge in [-0.15, -0.1) is 0 Å². The van der Waals surface area contributed by atoms with Gasteiger partial charge in [0.1, 0.15) is 0 Å². The number of nitrogens with one attached hydrogen (secondary N) is 1. The predicted molar refractivity (Wildman–Crippen MR) is 102 cm³/mol. The van der Waals surface area contributed by atoms with Crippen LogP contribution in [0.5, 0.6) is 0 Å². The van der Waals surface area contributed by atoms with Crippen molar-refractivity contribution in [1.82, 2.24) is 10.3 Å². The molecule has 1 aliphatic rings. The lowest BCUT2D eigenvalue weighted by Crippen LogP contribution is -2.33. The molecular weight excluding hydrogens is 326 g/mol. The standard InChI is InChI=1S/C21H25N3O2/c1-21(2,3)17-6-4-5-7-18(17)24-14-16(12-19(24)25)20(26)23-13-15-8-10-22-11-9-15/h4-11,16H,12-14H2,1-3H3,(H,23,26). The Morgan fingerprint density at radius 1 is 1.19 bits per heavy atom. The molecule has 0 aliphatic carbocycles. The highest BCUT2D eigenvalue weighted by Gasteiger charge is 2.36. The van der Waals surface area contributed by atoms with Crippen molar-refractivity contribution in [2.75, 3.05) is 11.4 Å². The molecule has 1 fully saturated rings. The molecule has 1 aliphatic heterocycles. The predicted octanol–water partition coefficient (Wildman–Crippen LogP) is 3.05. The van der Waals surface area contributed by atoms with E-state index in [1.165, 1.54) is 0 Å². The SMILES string of the molecule is CC(C)(C)c1ccccc1N1CC(C(=O)NCc2ccncc2)CC1=O. The first-order chi connectivity index (χ1) is 12.4. The fourth-order valence-corrected chi connectivity index (χ4v) is 3.29. The maximum absolute atomic E-state index is 12.6. The average Bonchev–Trinajstić information content (AvgIpc) is 3.01. The highest BCUT2D eigenvalue weighted by Crippen LogP contribution is 2.35. The van der Waals surface area contributed by atoms with E-state index in [0.29, 0.717) is 13.1 Å². The lowest BCUT2D eigenvalue weighted by Gasteiger charge is -2.27. The largest absolute Gasteiger partial charge is 0.352 e. The Morgan fingerprint density at radius 3 is 2.58 bits per heavy atom. The van der Waals surface area contributed by atoms with Gasteiger partial charge >= 0.3 is 0 Å². The molecule has 3 rings (SSSR count). The number of nitrogens with zero attached hydrogens (tertiary/aromatic N) is 2. The summed E-state index contributed by atoms with van der Waals surface area (Å²) in [6.45, 7) is 7.26. The van der Waals surface area contributed by atoms with Gasteiger partial charge in [-0.25, -0.2) is 0 Å². The smallest absolute Gasteiger partial charge is 0.227 e. The molecule has 1 N–H and O–H groups in total. The van der Waals surface area contributed by atoms with E-state index >= 15 is 0 Å². The van der Waals surface area contributed by atoms with Crippen LogP contribution in [0.4, 0.5) is 5.69 Å². The van der Waals surface area contributed by atoms with Crippen LogP contribution >= 0.6 is 0 Å². The van der Waals surface area contributed by atoms with E-state index < -0.39 is 0 Å². The summed E-state index contributed by atoms with van der Waals surface area (Å²) in [6, 6.07) is 11.7. The van der Waals surface area contributed by atoms with Gasteiger partial charge in [0.15, 0.2) is 0 Å². The van der Waals surface area contributed by atoms with Gasteiger partial charge in [0.05, 0.1) is 5.92 Å². The van der Waals surface area contributed by atoms with E-state index in [0.717, 1.165) is 16.8 Å². The second-order valence-electron chi connectivity index (χ2n) is 7.75. The highest BCUT2D eigenvalue weighted by molar-refractivity contribution is 6.01. The van der Waals surface area contributed by atoms with Gasteiger partial charge in [0, 0.05) is 37.6 Å². The molecule has 5 nitrogen and oxygen atoms in total. The molecule has 0 radical (unpaired) electrons. The third kappa shape index (κ3) is 3.93. The molecule has 2 amide bonds. The second kappa shape index (κ2) is 7.28. The fourth-order valence-electron chi connectivity index (χ4n) is 3.29. The van der Waals surface area contributed by atoms with Crippen molar-refractivity contribution in [3.63, 3.8) is 0 Å². The number of pyridine rings is 1. The lowest BCUT2D eigenvalue weighted by atomic mass is 9.85. The molecule has 136 valence electrons. The average molecular weight is 351 g/mol. The van der Waals surface area contributed by atoms with Gasteiger partial charge < -0.3 is 10.2 Å². The Labute approximate surface area is 154 Å². The van der Waals surface area contributed by atoms with E-state index in [2.05, 4.69) is 37.1 Å². The summed E-state index contributed by atoms with van der Waals surface area (Å²) in [5.41, 5.74) is 2.95. The summed E-state index contributed by atoms with van der Waals surface area (Å²) in [5.74, 6) is -0.394. The quantitative estimate of drug-likeness (QED) is 0.921. The third-order valence-electron chi connectivity index (χ3n) is 4.71. The number of aromatic nitrogens is 1. The Balaban J connectivity index is 1.70. The number of hydrogen-bond donors (Lipinski definition) is 1. The Kier molecular flexibility index (Phi) is 5.07. The summed E-state index contributed by atoms with van der Waals surface area (Å²) in [4.78, 5) is 30.8. The highest BCUT2D eigenvalue weighted by atomic mass is 16.2. The number of hydrogen-bond acceptors (Lipinski definition) is 3. The number of benzene rings is 1. The number of carbonyl (C=O) groups is 2. The fraction of sp³-hybridized carbons (Fsp3) is 0.381. The second-order valence-corrected chi connectivity index (χ2v) is 7.75. The van der Waals surface area contributed by atoms with Crippen molar-refractivity contribution in [2.45, 2.75) is 39.2 Å². The van der Waals surface area contributed by atoms with Crippen LogP contribution in [0.25, 0.3) is 0 Å². The van der Waals surface area contributed by atoms with Crippen LogP contribution < -0.4 is 10.2 Å². The number of anilines is 1. The van der Waals surface area contributed by atoms with Gasteiger partial charge in [0.25, 0.3) is 0 Å². The molecule has 1 saturated heterocycles. The van der Waals surface area contributed by atoms with Crippen molar-refractivity contribution in [3.05, 3.63) is 59.9 Å². The maximum atomic E-state index is 12.6. The first-order valence-electron chi connectivity index (χ1n) is 8.93. The minimum Gasteiger partial charge on any atom is -0.352 e. The molecule has 1 atom stereocenters. The number of carbonyl (C=O) groups excluding carboxylic acids is 2. The molecule has 0 bridgehead atoms. The maximum Gasteiger partial charge on any atom is 0.227 e. The zero-order chi connectivity index (χ0) is 18.7.